The van der Waals surface area contributed by atoms with E-state index in [9.17, 15) is 10.1 Å². The lowest BCUT2D eigenvalue weighted by Gasteiger charge is -2.09. The zero-order valence-corrected chi connectivity index (χ0v) is 11.8. The van der Waals surface area contributed by atoms with Gasteiger partial charge in [-0.2, -0.15) is 0 Å². The van der Waals surface area contributed by atoms with Crippen LogP contribution in [0.5, 0.6) is 5.75 Å². The van der Waals surface area contributed by atoms with Crippen molar-refractivity contribution in [3.63, 3.8) is 0 Å². The lowest BCUT2D eigenvalue weighted by atomic mass is 10.3. The molecule has 2 N–H and O–H groups in total. The molecule has 7 nitrogen and oxygen atoms in total. The number of rotatable bonds is 6. The molecule has 7 heteroatoms. The maximum atomic E-state index is 11.1. The zero-order valence-electron chi connectivity index (χ0n) is 11.8. The van der Waals surface area contributed by atoms with Crippen molar-refractivity contribution in [3.8, 4) is 5.75 Å². The Morgan fingerprint density at radius 1 is 1.24 bits per heavy atom. The highest BCUT2D eigenvalue weighted by Crippen LogP contribution is 2.27. The number of pyridine rings is 1. The third-order valence-electron chi connectivity index (χ3n) is 2.78. The molecule has 0 aliphatic rings. The van der Waals surface area contributed by atoms with Gasteiger partial charge in [0.25, 0.3) is 0 Å². The maximum Gasteiger partial charge on any atom is 0.311 e. The molecule has 21 heavy (non-hydrogen) atoms. The second-order valence-corrected chi connectivity index (χ2v) is 4.21. The van der Waals surface area contributed by atoms with E-state index in [4.69, 9.17) is 4.74 Å². The minimum absolute atomic E-state index is 0.0764. The van der Waals surface area contributed by atoms with Gasteiger partial charge in [0.05, 0.1) is 12.0 Å². The topological polar surface area (TPSA) is 89.3 Å². The van der Waals surface area contributed by atoms with Gasteiger partial charge in [0.1, 0.15) is 11.6 Å². The predicted molar refractivity (Wildman–Crippen MR) is 81.3 cm³/mol. The minimum atomic E-state index is -0.464. The molecule has 2 aromatic rings. The van der Waals surface area contributed by atoms with Crippen molar-refractivity contribution >= 4 is 23.0 Å². The van der Waals surface area contributed by atoms with E-state index in [-0.39, 0.29) is 11.5 Å². The number of methoxy groups -OCH3 is 1. The van der Waals surface area contributed by atoms with Gasteiger partial charge in [-0.05, 0) is 37.3 Å². The van der Waals surface area contributed by atoms with E-state index in [0.29, 0.717) is 23.8 Å². The molecular weight excluding hydrogens is 272 g/mol. The minimum Gasteiger partial charge on any atom is -0.497 e. The Balaban J connectivity index is 2.30. The standard InChI is InChI=1S/C14H16N4O3/c1-3-15-13-9-8-12(18(19)20)14(17-13)16-10-4-6-11(21-2)7-5-10/h4-9H,3H2,1-2H3,(H2,15,16,17). The summed E-state index contributed by atoms with van der Waals surface area (Å²) in [5, 5.41) is 17.0. The molecule has 0 amide bonds. The molecule has 0 aliphatic heterocycles. The fourth-order valence-electron chi connectivity index (χ4n) is 1.78. The highest BCUT2D eigenvalue weighted by atomic mass is 16.6. The Morgan fingerprint density at radius 3 is 2.52 bits per heavy atom. The van der Waals surface area contributed by atoms with Gasteiger partial charge in [0, 0.05) is 18.3 Å². The molecule has 0 atom stereocenters. The number of benzene rings is 1. The molecule has 0 radical (unpaired) electrons. The molecule has 1 heterocycles. The largest absolute Gasteiger partial charge is 0.497 e. The van der Waals surface area contributed by atoms with Gasteiger partial charge in [-0.15, -0.1) is 0 Å². The summed E-state index contributed by atoms with van der Waals surface area (Å²) in [5.74, 6) is 1.49. The molecule has 0 saturated carbocycles. The third-order valence-corrected chi connectivity index (χ3v) is 2.78. The molecule has 110 valence electrons. The van der Waals surface area contributed by atoms with Crippen LogP contribution < -0.4 is 15.4 Å². The Kier molecular flexibility index (Phi) is 4.55. The predicted octanol–water partition coefficient (Wildman–Crippen LogP) is 3.17. The van der Waals surface area contributed by atoms with Crippen LogP contribution in [0.2, 0.25) is 0 Å². The van der Waals surface area contributed by atoms with Crippen molar-refractivity contribution in [1.82, 2.24) is 4.98 Å². The van der Waals surface area contributed by atoms with Crippen molar-refractivity contribution in [1.29, 1.82) is 0 Å². The van der Waals surface area contributed by atoms with Crippen LogP contribution in [0.1, 0.15) is 6.92 Å². The van der Waals surface area contributed by atoms with Crippen molar-refractivity contribution < 1.29 is 9.66 Å². The molecule has 2 rings (SSSR count). The number of hydrogen-bond donors (Lipinski definition) is 2. The first-order chi connectivity index (χ1) is 10.1. The quantitative estimate of drug-likeness (QED) is 0.627. The van der Waals surface area contributed by atoms with Gasteiger partial charge in [-0.25, -0.2) is 4.98 Å². The monoisotopic (exact) mass is 288 g/mol. The van der Waals surface area contributed by atoms with E-state index in [2.05, 4.69) is 15.6 Å². The molecule has 0 aliphatic carbocycles. The van der Waals surface area contributed by atoms with Gasteiger partial charge >= 0.3 is 5.69 Å². The van der Waals surface area contributed by atoms with Crippen molar-refractivity contribution in [2.75, 3.05) is 24.3 Å². The van der Waals surface area contributed by atoms with Crippen LogP contribution in [0.15, 0.2) is 36.4 Å². The molecular formula is C14H16N4O3. The molecule has 0 fully saturated rings. The molecule has 0 bridgehead atoms. The highest BCUT2D eigenvalue weighted by molar-refractivity contribution is 5.68. The Morgan fingerprint density at radius 2 is 1.95 bits per heavy atom. The zero-order chi connectivity index (χ0) is 15.2. The summed E-state index contributed by atoms with van der Waals surface area (Å²) < 4.78 is 5.07. The first kappa shape index (κ1) is 14.6. The van der Waals surface area contributed by atoms with Crippen LogP contribution in [-0.2, 0) is 0 Å². The summed E-state index contributed by atoms with van der Waals surface area (Å²) in [6.07, 6.45) is 0. The van der Waals surface area contributed by atoms with Crippen LogP contribution in [0.4, 0.5) is 23.0 Å². The smallest absolute Gasteiger partial charge is 0.311 e. The average molecular weight is 288 g/mol. The summed E-state index contributed by atoms with van der Waals surface area (Å²) in [6.45, 7) is 2.62. The van der Waals surface area contributed by atoms with Crippen LogP contribution in [0.25, 0.3) is 0 Å². The summed E-state index contributed by atoms with van der Waals surface area (Å²) in [4.78, 5) is 14.8. The van der Waals surface area contributed by atoms with E-state index in [1.807, 2.05) is 6.92 Å². The first-order valence-electron chi connectivity index (χ1n) is 6.44. The number of nitrogens with one attached hydrogen (secondary N) is 2. The number of nitro groups is 1. The average Bonchev–Trinajstić information content (AvgIpc) is 2.48. The summed E-state index contributed by atoms with van der Waals surface area (Å²) in [6, 6.07) is 10.1. The Labute approximate surface area is 122 Å². The van der Waals surface area contributed by atoms with Gasteiger partial charge < -0.3 is 15.4 Å². The van der Waals surface area contributed by atoms with Gasteiger partial charge in [-0.1, -0.05) is 0 Å². The van der Waals surface area contributed by atoms with Gasteiger partial charge in [-0.3, -0.25) is 10.1 Å². The molecule has 0 spiro atoms. The summed E-state index contributed by atoms with van der Waals surface area (Å²) >= 11 is 0. The van der Waals surface area contributed by atoms with Gasteiger partial charge in [0.2, 0.25) is 5.82 Å². The van der Waals surface area contributed by atoms with Crippen molar-refractivity contribution in [3.05, 3.63) is 46.5 Å². The highest BCUT2D eigenvalue weighted by Gasteiger charge is 2.16. The number of nitrogens with zero attached hydrogens (tertiary/aromatic N) is 2. The number of aromatic nitrogens is 1. The molecule has 0 unspecified atom stereocenters. The Bertz CT molecular complexity index is 629. The van der Waals surface area contributed by atoms with E-state index >= 15 is 0 Å². The number of anilines is 3. The first-order valence-corrected chi connectivity index (χ1v) is 6.44. The van der Waals surface area contributed by atoms with E-state index in [0.717, 1.165) is 0 Å². The van der Waals surface area contributed by atoms with E-state index in [1.54, 1.807) is 37.4 Å². The van der Waals surface area contributed by atoms with Crippen LogP contribution in [0, 0.1) is 10.1 Å². The molecule has 1 aromatic heterocycles. The molecule has 0 saturated heterocycles. The second kappa shape index (κ2) is 6.56. The second-order valence-electron chi connectivity index (χ2n) is 4.21. The van der Waals surface area contributed by atoms with E-state index in [1.165, 1.54) is 6.07 Å². The maximum absolute atomic E-state index is 11.1. The summed E-state index contributed by atoms with van der Waals surface area (Å²) in [5.41, 5.74) is 0.618. The van der Waals surface area contributed by atoms with Crippen molar-refractivity contribution in [2.45, 2.75) is 6.92 Å². The third kappa shape index (κ3) is 3.59. The normalized spacial score (nSPS) is 10.0. The van der Waals surface area contributed by atoms with Crippen LogP contribution in [-0.4, -0.2) is 23.6 Å². The fraction of sp³-hybridized carbons (Fsp3) is 0.214. The number of ether oxygens (including phenoxy) is 1. The van der Waals surface area contributed by atoms with Crippen molar-refractivity contribution in [2.24, 2.45) is 0 Å². The van der Waals surface area contributed by atoms with Gasteiger partial charge in [0.15, 0.2) is 0 Å². The SMILES string of the molecule is CCNc1ccc([N+](=O)[O-])c(Nc2ccc(OC)cc2)n1. The van der Waals surface area contributed by atoms with Crippen LogP contribution in [0.3, 0.4) is 0 Å². The Hall–Kier alpha value is -2.83. The lowest BCUT2D eigenvalue weighted by Crippen LogP contribution is -2.04. The number of hydrogen-bond acceptors (Lipinski definition) is 6. The molecule has 1 aromatic carbocycles. The lowest BCUT2D eigenvalue weighted by molar-refractivity contribution is -0.384. The van der Waals surface area contributed by atoms with Crippen LogP contribution >= 0.6 is 0 Å². The fourth-order valence-corrected chi connectivity index (χ4v) is 1.78. The van der Waals surface area contributed by atoms with E-state index < -0.39 is 4.92 Å². The summed E-state index contributed by atoms with van der Waals surface area (Å²) in [7, 11) is 1.58.